The van der Waals surface area contributed by atoms with E-state index in [-0.39, 0.29) is 52.7 Å². The van der Waals surface area contributed by atoms with E-state index in [2.05, 4.69) is 4.85 Å². The Morgan fingerprint density at radius 1 is 1.19 bits per heavy atom. The number of fused-ring (bicyclic) bond motifs is 3. The molecule has 27 heavy (non-hydrogen) atoms. The van der Waals surface area contributed by atoms with Crippen molar-refractivity contribution in [3.63, 3.8) is 0 Å². The van der Waals surface area contributed by atoms with Crippen LogP contribution >= 0.6 is 0 Å². The standard InChI is InChI=1S/C24H23N2O/c1-15(2)14-17-10-12-19-18-11-9-16(3)21(20-8-6-7-13-26(20)5)23(18)27-24(19)22(17)25-4/h6-13,15H,14H2,1-3,5H3/q+1/i6D,7D,8D,13D,14D2. The molecule has 2 aromatic carbocycles. The molecular weight excluding hydrogens is 332 g/mol. The summed E-state index contributed by atoms with van der Waals surface area (Å²) < 4.78 is 57.5. The number of furan rings is 1. The highest BCUT2D eigenvalue weighted by Gasteiger charge is 2.22. The minimum absolute atomic E-state index is 0.116. The number of aromatic nitrogens is 1. The molecule has 0 bridgehead atoms. The topological polar surface area (TPSA) is 21.4 Å². The van der Waals surface area contributed by atoms with Gasteiger partial charge in [0, 0.05) is 25.6 Å². The lowest BCUT2D eigenvalue weighted by molar-refractivity contribution is -0.660. The zero-order valence-corrected chi connectivity index (χ0v) is 15.7. The molecule has 0 aliphatic carbocycles. The van der Waals surface area contributed by atoms with E-state index >= 15 is 0 Å². The molecule has 2 heterocycles. The van der Waals surface area contributed by atoms with Gasteiger partial charge in [0.1, 0.15) is 19.6 Å². The third kappa shape index (κ3) is 2.78. The predicted molar refractivity (Wildman–Crippen MR) is 110 cm³/mol. The first-order valence-electron chi connectivity index (χ1n) is 11.8. The van der Waals surface area contributed by atoms with Crippen LogP contribution in [0.1, 0.15) is 33.2 Å². The molecule has 0 saturated heterocycles. The maximum absolute atomic E-state index is 8.51. The summed E-state index contributed by atoms with van der Waals surface area (Å²) in [7, 11) is 1.58. The van der Waals surface area contributed by atoms with Crippen molar-refractivity contribution in [2.75, 3.05) is 0 Å². The van der Waals surface area contributed by atoms with E-state index in [1.807, 2.05) is 19.1 Å². The highest BCUT2D eigenvalue weighted by Crippen LogP contribution is 2.41. The van der Waals surface area contributed by atoms with Gasteiger partial charge in [0.2, 0.25) is 11.4 Å². The number of rotatable bonds is 3. The molecule has 0 N–H and O–H groups in total. The van der Waals surface area contributed by atoms with E-state index < -0.39 is 6.37 Å². The van der Waals surface area contributed by atoms with Crippen LogP contribution in [0.5, 0.6) is 0 Å². The van der Waals surface area contributed by atoms with Gasteiger partial charge in [-0.25, -0.2) is 9.41 Å². The van der Waals surface area contributed by atoms with Crippen LogP contribution in [0.2, 0.25) is 0 Å². The van der Waals surface area contributed by atoms with Crippen molar-refractivity contribution in [2.45, 2.75) is 27.1 Å². The fourth-order valence-electron chi connectivity index (χ4n) is 3.39. The first-order chi connectivity index (χ1) is 15.4. The smallest absolute Gasteiger partial charge is 0.232 e. The summed E-state index contributed by atoms with van der Waals surface area (Å²) in [5, 5.41) is 1.35. The zero-order valence-electron chi connectivity index (χ0n) is 21.7. The van der Waals surface area contributed by atoms with Gasteiger partial charge in [-0.2, -0.15) is 0 Å². The Morgan fingerprint density at radius 3 is 2.67 bits per heavy atom. The number of nitrogens with zero attached hydrogens (tertiary/aromatic N) is 2. The van der Waals surface area contributed by atoms with Crippen LogP contribution in [-0.4, -0.2) is 0 Å². The minimum Gasteiger partial charge on any atom is -0.466 e. The van der Waals surface area contributed by atoms with Crippen LogP contribution in [0, 0.1) is 19.4 Å². The quantitative estimate of drug-likeness (QED) is 0.317. The number of pyridine rings is 1. The Balaban J connectivity index is 2.17. The normalized spacial score (nSPS) is 15.1. The van der Waals surface area contributed by atoms with Crippen molar-refractivity contribution in [2.24, 2.45) is 13.0 Å². The third-order valence-electron chi connectivity index (χ3n) is 4.59. The van der Waals surface area contributed by atoms with E-state index in [0.29, 0.717) is 21.9 Å². The largest absolute Gasteiger partial charge is 0.466 e. The molecular formula is C24H23N2O+. The van der Waals surface area contributed by atoms with Gasteiger partial charge in [-0.1, -0.05) is 38.1 Å². The summed E-state index contributed by atoms with van der Waals surface area (Å²) in [6.45, 7) is 13.1. The molecule has 0 amide bonds. The molecule has 134 valence electrons. The molecule has 0 spiro atoms. The van der Waals surface area contributed by atoms with Gasteiger partial charge in [0.15, 0.2) is 6.17 Å². The van der Waals surface area contributed by atoms with Gasteiger partial charge in [-0.15, -0.1) is 0 Å². The maximum Gasteiger partial charge on any atom is 0.232 e. The lowest BCUT2D eigenvalue weighted by atomic mass is 9.98. The Hall–Kier alpha value is -3.12. The second-order valence-corrected chi connectivity index (χ2v) is 6.88. The molecule has 0 aliphatic rings. The molecule has 3 heteroatoms. The van der Waals surface area contributed by atoms with Crippen molar-refractivity contribution >= 4 is 27.6 Å². The van der Waals surface area contributed by atoms with Crippen molar-refractivity contribution in [3.8, 4) is 11.3 Å². The molecule has 2 aromatic heterocycles. The monoisotopic (exact) mass is 361 g/mol. The number of hydrogen-bond donors (Lipinski definition) is 0. The number of aryl methyl sites for hydroxylation is 1. The average molecular weight is 361 g/mol. The summed E-state index contributed by atoms with van der Waals surface area (Å²) >= 11 is 0. The van der Waals surface area contributed by atoms with Crippen LogP contribution in [-0.2, 0) is 13.4 Å². The number of hydrogen-bond acceptors (Lipinski definition) is 1. The molecule has 0 unspecified atom stereocenters. The van der Waals surface area contributed by atoms with Gasteiger partial charge in [0.25, 0.3) is 0 Å². The van der Waals surface area contributed by atoms with Gasteiger partial charge < -0.3 is 4.42 Å². The first-order valence-corrected chi connectivity index (χ1v) is 8.76. The zero-order chi connectivity index (χ0) is 24.4. The minimum atomic E-state index is -1.73. The second kappa shape index (κ2) is 6.55. The van der Waals surface area contributed by atoms with Crippen LogP contribution in [0.15, 0.2) is 53.0 Å². The Kier molecular flexibility index (Phi) is 2.81. The SMILES string of the molecule is [2H]c1c([2H])c([2H])[n+](C)c(-c2c(C)ccc3c2oc2c([N+]#[C-])c(C([2H])([2H])C(C)C)ccc23)c1[2H]. The summed E-state index contributed by atoms with van der Waals surface area (Å²) in [6.07, 6.45) is -1.91. The van der Waals surface area contributed by atoms with Gasteiger partial charge in [-0.3, -0.25) is 0 Å². The van der Waals surface area contributed by atoms with E-state index in [1.165, 1.54) is 4.57 Å². The Morgan fingerprint density at radius 2 is 1.93 bits per heavy atom. The second-order valence-electron chi connectivity index (χ2n) is 6.88. The van der Waals surface area contributed by atoms with Gasteiger partial charge in [-0.05, 0) is 36.4 Å². The number of benzene rings is 2. The summed E-state index contributed by atoms with van der Waals surface area (Å²) in [5.74, 6) is -0.350. The Labute approximate surface area is 168 Å². The Bertz CT molecular complexity index is 1470. The highest BCUT2D eigenvalue weighted by molar-refractivity contribution is 6.13. The maximum atomic E-state index is 8.51. The van der Waals surface area contributed by atoms with Crippen LogP contribution < -0.4 is 4.57 Å². The molecule has 0 radical (unpaired) electrons. The van der Waals surface area contributed by atoms with E-state index in [0.717, 1.165) is 5.56 Å². The molecule has 4 rings (SSSR count). The van der Waals surface area contributed by atoms with E-state index in [4.69, 9.17) is 19.2 Å². The van der Waals surface area contributed by atoms with E-state index in [1.54, 1.807) is 33.0 Å². The van der Waals surface area contributed by atoms with Crippen molar-refractivity contribution in [1.29, 1.82) is 0 Å². The molecule has 0 aliphatic heterocycles. The van der Waals surface area contributed by atoms with Gasteiger partial charge >= 0.3 is 0 Å². The molecule has 4 aromatic rings. The third-order valence-corrected chi connectivity index (χ3v) is 4.59. The first kappa shape index (κ1) is 11.6. The van der Waals surface area contributed by atoms with Crippen LogP contribution in [0.3, 0.4) is 0 Å². The van der Waals surface area contributed by atoms with Gasteiger partial charge in [0.05, 0.1) is 16.2 Å². The summed E-state index contributed by atoms with van der Waals surface area (Å²) in [5.41, 5.74) is 2.61. The molecule has 0 atom stereocenters. The molecule has 0 fully saturated rings. The summed E-state index contributed by atoms with van der Waals surface area (Å²) in [6, 6.07) is 6.26. The lowest BCUT2D eigenvalue weighted by Crippen LogP contribution is -2.30. The predicted octanol–water partition coefficient (Wildman–Crippen LogP) is 6.14. The van der Waals surface area contributed by atoms with E-state index in [9.17, 15) is 0 Å². The lowest BCUT2D eigenvalue weighted by Gasteiger charge is -2.07. The summed E-state index contributed by atoms with van der Waals surface area (Å²) in [4.78, 5) is 3.63. The van der Waals surface area contributed by atoms with Crippen molar-refractivity contribution < 1.29 is 17.2 Å². The fourth-order valence-corrected chi connectivity index (χ4v) is 3.39. The van der Waals surface area contributed by atoms with Crippen molar-refractivity contribution in [1.82, 2.24) is 0 Å². The van der Waals surface area contributed by atoms with Crippen molar-refractivity contribution in [3.05, 3.63) is 71.1 Å². The highest BCUT2D eigenvalue weighted by atomic mass is 16.3. The fraction of sp³-hybridized carbons (Fsp3) is 0.250. The molecule has 0 saturated carbocycles. The van der Waals surface area contributed by atoms with Crippen LogP contribution in [0.25, 0.3) is 38.0 Å². The average Bonchev–Trinajstić information content (AvgIpc) is 3.15. The van der Waals surface area contributed by atoms with Crippen LogP contribution in [0.4, 0.5) is 5.69 Å². The molecule has 3 nitrogen and oxygen atoms in total.